The van der Waals surface area contributed by atoms with E-state index in [0.717, 1.165) is 5.56 Å². The molecule has 2 N–H and O–H groups in total. The van der Waals surface area contributed by atoms with Crippen molar-refractivity contribution in [3.63, 3.8) is 0 Å². The number of phenols is 1. The first-order chi connectivity index (χ1) is 15.5. The standard InChI is InChI=1S/C25H24FNO5/c1-31-19-11-12-20(22(29)15-19)23-24(21(28)13-10-16-6-3-2-4-7-16)32-25(30)27(23)18-9-5-8-17(26)14-18/h2-9,11-12,14-15,21,23-24,28-29H,10,13H2,1H3/t21-,23-,24-/m1/s1. The number of carbonyl (C=O) groups is 1. The zero-order valence-electron chi connectivity index (χ0n) is 17.5. The lowest BCUT2D eigenvalue weighted by Gasteiger charge is -2.28. The van der Waals surface area contributed by atoms with Gasteiger partial charge in [-0.15, -0.1) is 0 Å². The van der Waals surface area contributed by atoms with E-state index in [4.69, 9.17) is 9.47 Å². The number of ether oxygens (including phenoxy) is 2. The normalized spacial score (nSPS) is 19.0. The molecular formula is C25H24FNO5. The molecular weight excluding hydrogens is 413 g/mol. The van der Waals surface area contributed by atoms with Gasteiger partial charge < -0.3 is 19.7 Å². The number of nitrogens with zero attached hydrogens (tertiary/aromatic N) is 1. The number of aliphatic hydroxyl groups excluding tert-OH is 1. The van der Waals surface area contributed by atoms with E-state index in [1.165, 1.54) is 36.3 Å². The van der Waals surface area contributed by atoms with Crippen LogP contribution in [0.25, 0.3) is 0 Å². The van der Waals surface area contributed by atoms with Crippen LogP contribution in [-0.4, -0.2) is 35.6 Å². The molecule has 3 atom stereocenters. The van der Waals surface area contributed by atoms with Crippen molar-refractivity contribution in [3.8, 4) is 11.5 Å². The summed E-state index contributed by atoms with van der Waals surface area (Å²) in [5, 5.41) is 21.7. The van der Waals surface area contributed by atoms with Crippen molar-refractivity contribution >= 4 is 11.8 Å². The second-order valence-corrected chi connectivity index (χ2v) is 7.66. The van der Waals surface area contributed by atoms with Crippen LogP contribution in [0.15, 0.2) is 72.8 Å². The van der Waals surface area contributed by atoms with Crippen LogP contribution in [0, 0.1) is 5.82 Å². The molecule has 0 bridgehead atoms. The quantitative estimate of drug-likeness (QED) is 0.565. The Morgan fingerprint density at radius 3 is 2.56 bits per heavy atom. The molecule has 1 saturated heterocycles. The number of carbonyl (C=O) groups excluding carboxylic acids is 1. The Labute approximate surface area is 185 Å². The summed E-state index contributed by atoms with van der Waals surface area (Å²) in [5.74, 6) is -0.189. The predicted molar refractivity (Wildman–Crippen MR) is 117 cm³/mol. The van der Waals surface area contributed by atoms with Crippen molar-refractivity contribution in [1.82, 2.24) is 0 Å². The molecule has 3 aromatic carbocycles. The van der Waals surface area contributed by atoms with Crippen molar-refractivity contribution in [1.29, 1.82) is 0 Å². The number of amides is 1. The third-order valence-electron chi connectivity index (χ3n) is 5.62. The fourth-order valence-electron chi connectivity index (χ4n) is 4.02. The summed E-state index contributed by atoms with van der Waals surface area (Å²) in [6, 6.07) is 19.1. The minimum Gasteiger partial charge on any atom is -0.507 e. The predicted octanol–water partition coefficient (Wildman–Crippen LogP) is 4.60. The lowest BCUT2D eigenvalue weighted by Crippen LogP contribution is -2.35. The molecule has 1 amide bonds. The smallest absolute Gasteiger partial charge is 0.415 e. The Bertz CT molecular complexity index is 1090. The Morgan fingerprint density at radius 1 is 1.09 bits per heavy atom. The van der Waals surface area contributed by atoms with Crippen LogP contribution in [0.1, 0.15) is 23.6 Å². The van der Waals surface area contributed by atoms with E-state index >= 15 is 0 Å². The van der Waals surface area contributed by atoms with Crippen LogP contribution in [-0.2, 0) is 11.2 Å². The maximum Gasteiger partial charge on any atom is 0.415 e. The SMILES string of the molecule is COc1ccc([C@@H]2[C@@H]([C@H](O)CCc3ccccc3)OC(=O)N2c2cccc(F)c2)c(O)c1. The fourth-order valence-corrected chi connectivity index (χ4v) is 4.02. The van der Waals surface area contributed by atoms with Gasteiger partial charge in [0, 0.05) is 11.6 Å². The van der Waals surface area contributed by atoms with E-state index in [2.05, 4.69) is 0 Å². The molecule has 0 radical (unpaired) electrons. The number of anilines is 1. The Balaban J connectivity index is 1.69. The van der Waals surface area contributed by atoms with Crippen LogP contribution >= 0.6 is 0 Å². The lowest BCUT2D eigenvalue weighted by molar-refractivity contribution is 0.0143. The van der Waals surface area contributed by atoms with E-state index in [9.17, 15) is 19.4 Å². The number of benzene rings is 3. The van der Waals surface area contributed by atoms with Gasteiger partial charge in [-0.2, -0.15) is 0 Å². The molecule has 0 saturated carbocycles. The Kier molecular flexibility index (Phi) is 6.28. The van der Waals surface area contributed by atoms with Crippen LogP contribution in [0.4, 0.5) is 14.9 Å². The average Bonchev–Trinajstić information content (AvgIpc) is 3.15. The molecule has 1 heterocycles. The number of cyclic esters (lactones) is 1. The highest BCUT2D eigenvalue weighted by molar-refractivity contribution is 5.91. The van der Waals surface area contributed by atoms with E-state index in [1.54, 1.807) is 18.2 Å². The number of halogens is 1. The maximum absolute atomic E-state index is 13.9. The third-order valence-corrected chi connectivity index (χ3v) is 5.62. The molecule has 4 rings (SSSR count). The van der Waals surface area contributed by atoms with Crippen LogP contribution in [0.2, 0.25) is 0 Å². The van der Waals surface area contributed by atoms with Crippen molar-refractivity contribution < 1.29 is 28.9 Å². The first kappa shape index (κ1) is 21.6. The maximum atomic E-state index is 13.9. The Hall–Kier alpha value is -3.58. The second-order valence-electron chi connectivity index (χ2n) is 7.66. The lowest BCUT2D eigenvalue weighted by atomic mass is 9.93. The minimum atomic E-state index is -1.01. The van der Waals surface area contributed by atoms with Gasteiger partial charge in [-0.3, -0.25) is 4.90 Å². The molecule has 0 aliphatic carbocycles. The van der Waals surface area contributed by atoms with Gasteiger partial charge in [-0.25, -0.2) is 9.18 Å². The number of hydrogen-bond donors (Lipinski definition) is 2. The van der Waals surface area contributed by atoms with Crippen molar-refractivity contribution in [2.75, 3.05) is 12.0 Å². The minimum absolute atomic E-state index is 0.116. The molecule has 1 aliphatic heterocycles. The van der Waals surface area contributed by atoms with E-state index in [-0.39, 0.29) is 11.4 Å². The van der Waals surface area contributed by atoms with E-state index in [0.29, 0.717) is 24.2 Å². The number of aryl methyl sites for hydroxylation is 1. The van der Waals surface area contributed by atoms with Gasteiger partial charge in [0.25, 0.3) is 0 Å². The number of rotatable bonds is 7. The molecule has 0 spiro atoms. The summed E-state index contributed by atoms with van der Waals surface area (Å²) >= 11 is 0. The topological polar surface area (TPSA) is 79.2 Å². The van der Waals surface area contributed by atoms with Gasteiger partial charge in [0.05, 0.1) is 18.9 Å². The zero-order valence-corrected chi connectivity index (χ0v) is 17.5. The Morgan fingerprint density at radius 2 is 1.88 bits per heavy atom. The van der Waals surface area contributed by atoms with E-state index < -0.39 is 30.2 Å². The molecule has 3 aromatic rings. The highest BCUT2D eigenvalue weighted by Crippen LogP contribution is 2.43. The monoisotopic (exact) mass is 437 g/mol. The molecule has 0 unspecified atom stereocenters. The van der Waals surface area contributed by atoms with Crippen LogP contribution in [0.3, 0.4) is 0 Å². The van der Waals surface area contributed by atoms with E-state index in [1.807, 2.05) is 30.3 Å². The van der Waals surface area contributed by atoms with Crippen molar-refractivity contribution in [2.24, 2.45) is 0 Å². The third kappa shape index (κ3) is 4.38. The number of aliphatic hydroxyl groups is 1. The van der Waals surface area contributed by atoms with Gasteiger partial charge >= 0.3 is 6.09 Å². The van der Waals surface area contributed by atoms with Gasteiger partial charge in [0.1, 0.15) is 23.4 Å². The number of aromatic hydroxyl groups is 1. The number of methoxy groups -OCH3 is 1. The number of hydrogen-bond acceptors (Lipinski definition) is 5. The summed E-state index contributed by atoms with van der Waals surface area (Å²) in [6.07, 6.45) is -1.78. The second kappa shape index (κ2) is 9.28. The molecule has 1 fully saturated rings. The largest absolute Gasteiger partial charge is 0.507 e. The summed E-state index contributed by atoms with van der Waals surface area (Å²) in [4.78, 5) is 14.1. The summed E-state index contributed by atoms with van der Waals surface area (Å²) in [7, 11) is 1.48. The first-order valence-corrected chi connectivity index (χ1v) is 10.3. The summed E-state index contributed by atoms with van der Waals surface area (Å²) < 4.78 is 24.6. The van der Waals surface area contributed by atoms with Crippen molar-refractivity contribution in [2.45, 2.75) is 31.1 Å². The molecule has 6 nitrogen and oxygen atoms in total. The first-order valence-electron chi connectivity index (χ1n) is 10.3. The van der Waals surface area contributed by atoms with Crippen LogP contribution in [0.5, 0.6) is 11.5 Å². The zero-order chi connectivity index (χ0) is 22.7. The number of phenolic OH excluding ortho intramolecular Hbond substituents is 1. The van der Waals surface area contributed by atoms with Gasteiger partial charge in [-0.05, 0) is 48.7 Å². The van der Waals surface area contributed by atoms with Gasteiger partial charge in [0.15, 0.2) is 6.10 Å². The highest BCUT2D eigenvalue weighted by Gasteiger charge is 2.48. The molecule has 32 heavy (non-hydrogen) atoms. The summed E-state index contributed by atoms with van der Waals surface area (Å²) in [6.45, 7) is 0. The van der Waals surface area contributed by atoms with Crippen LogP contribution < -0.4 is 9.64 Å². The fraction of sp³-hybridized carbons (Fsp3) is 0.240. The van der Waals surface area contributed by atoms with Gasteiger partial charge in [-0.1, -0.05) is 36.4 Å². The molecule has 0 aromatic heterocycles. The summed E-state index contributed by atoms with van der Waals surface area (Å²) in [5.41, 5.74) is 1.68. The molecule has 7 heteroatoms. The molecule has 1 aliphatic rings. The average molecular weight is 437 g/mol. The molecule has 166 valence electrons. The van der Waals surface area contributed by atoms with Gasteiger partial charge in [0.2, 0.25) is 0 Å². The van der Waals surface area contributed by atoms with Crippen molar-refractivity contribution in [3.05, 3.63) is 89.7 Å². The highest BCUT2D eigenvalue weighted by atomic mass is 19.1.